The third-order valence-corrected chi connectivity index (χ3v) is 8.30. The van der Waals surface area contributed by atoms with E-state index in [-0.39, 0.29) is 0 Å². The number of hydrogen-bond donors (Lipinski definition) is 0. The number of aliphatic imine (C=N–C) groups is 1. The van der Waals surface area contributed by atoms with Crippen LogP contribution in [-0.2, 0) is 0 Å². The van der Waals surface area contributed by atoms with Gasteiger partial charge in [0.25, 0.3) is 0 Å². The van der Waals surface area contributed by atoms with Gasteiger partial charge in [0.15, 0.2) is 0 Å². The molecule has 2 atom stereocenters. The van der Waals surface area contributed by atoms with Crippen LogP contribution in [0.25, 0.3) is 0 Å². The first-order valence-electron chi connectivity index (χ1n) is 5.53. The van der Waals surface area contributed by atoms with Crippen molar-refractivity contribution in [1.82, 2.24) is 4.90 Å². The van der Waals surface area contributed by atoms with Crippen molar-refractivity contribution in [2.75, 3.05) is 16.7 Å². The van der Waals surface area contributed by atoms with E-state index in [1.165, 1.54) is 6.42 Å². The molecule has 6 heteroatoms. The molecule has 2 rings (SSSR count). The number of thioether (sulfide) groups is 1. The van der Waals surface area contributed by atoms with Crippen LogP contribution in [0.15, 0.2) is 15.6 Å². The first-order valence-corrected chi connectivity index (χ1v) is 9.29. The van der Waals surface area contributed by atoms with Gasteiger partial charge in [-0.3, -0.25) is 4.99 Å². The molecule has 0 N–H and O–H groups in total. The van der Waals surface area contributed by atoms with Crippen LogP contribution in [0.2, 0.25) is 0 Å². The molecule has 0 aromatic rings. The number of allylic oxidation sites excluding steroid dienone is 1. The summed E-state index contributed by atoms with van der Waals surface area (Å²) in [6.45, 7) is 1.05. The van der Waals surface area contributed by atoms with Crippen LogP contribution >= 0.6 is 56.9 Å². The summed E-state index contributed by atoms with van der Waals surface area (Å²) in [5.41, 5.74) is 0.741. The number of halogens is 2. The molecule has 1 fully saturated rings. The van der Waals surface area contributed by atoms with Gasteiger partial charge in [0, 0.05) is 26.9 Å². The molecule has 0 aliphatic carbocycles. The van der Waals surface area contributed by atoms with Crippen LogP contribution in [-0.4, -0.2) is 37.9 Å². The highest BCUT2D eigenvalue weighted by molar-refractivity contribution is 14.1. The van der Waals surface area contributed by atoms with Crippen molar-refractivity contribution >= 4 is 63.2 Å². The maximum Gasteiger partial charge on any atom is 0.121 e. The molecular weight excluding hydrogens is 460 g/mol. The van der Waals surface area contributed by atoms with E-state index in [9.17, 15) is 0 Å². The number of alkyl halides is 2. The summed E-state index contributed by atoms with van der Waals surface area (Å²) in [6, 6.07) is 2.27. The van der Waals surface area contributed by atoms with Crippen molar-refractivity contribution in [2.45, 2.75) is 22.9 Å². The summed E-state index contributed by atoms with van der Waals surface area (Å²) in [7, 11) is 0. The molecule has 2 heterocycles. The zero-order chi connectivity index (χ0) is 12.3. The predicted octanol–water partition coefficient (Wildman–Crippen LogP) is 3.20. The minimum absolute atomic E-state index is 0.293. The van der Waals surface area contributed by atoms with Crippen molar-refractivity contribution in [3.63, 3.8) is 0 Å². The smallest absolute Gasteiger partial charge is 0.121 e. The molecule has 17 heavy (non-hydrogen) atoms. The molecule has 0 bridgehead atoms. The van der Waals surface area contributed by atoms with Crippen molar-refractivity contribution < 1.29 is 0 Å². The summed E-state index contributed by atoms with van der Waals surface area (Å²) < 4.78 is 1.81. The molecule has 0 saturated carbocycles. The SMILES string of the molecule is N#CC1=C(SC[C@H](I)CI)N2CCC[C@@H]2N=C1. The zero-order valence-electron chi connectivity index (χ0n) is 9.27. The summed E-state index contributed by atoms with van der Waals surface area (Å²) >= 11 is 6.70. The maximum absolute atomic E-state index is 9.16. The third-order valence-electron chi connectivity index (χ3n) is 2.78. The van der Waals surface area contributed by atoms with Crippen molar-refractivity contribution in [3.05, 3.63) is 10.6 Å². The molecule has 0 radical (unpaired) electrons. The molecule has 92 valence electrons. The average Bonchev–Trinajstić information content (AvgIpc) is 2.83. The maximum atomic E-state index is 9.16. The molecule has 3 nitrogen and oxygen atoms in total. The van der Waals surface area contributed by atoms with Crippen LogP contribution in [0.4, 0.5) is 0 Å². The van der Waals surface area contributed by atoms with E-state index in [0.717, 1.165) is 33.7 Å². The molecule has 1 saturated heterocycles. The van der Waals surface area contributed by atoms with Crippen LogP contribution in [0, 0.1) is 11.3 Å². The Balaban J connectivity index is 2.11. The van der Waals surface area contributed by atoms with Gasteiger partial charge in [0.1, 0.15) is 12.2 Å². The third kappa shape index (κ3) is 3.29. The largest absolute Gasteiger partial charge is 0.343 e. The van der Waals surface area contributed by atoms with Gasteiger partial charge in [0.2, 0.25) is 0 Å². The lowest BCUT2D eigenvalue weighted by molar-refractivity contribution is 0.347. The summed E-state index contributed by atoms with van der Waals surface area (Å²) in [5, 5.41) is 10.3. The molecule has 0 spiro atoms. The number of fused-ring (bicyclic) bond motifs is 1. The average molecular weight is 473 g/mol. The Labute approximate surface area is 133 Å². The van der Waals surface area contributed by atoms with Crippen LogP contribution in [0.5, 0.6) is 0 Å². The van der Waals surface area contributed by atoms with Crippen LogP contribution in [0.1, 0.15) is 12.8 Å². The highest BCUT2D eigenvalue weighted by atomic mass is 127. The van der Waals surface area contributed by atoms with Crippen molar-refractivity contribution in [3.8, 4) is 6.07 Å². The van der Waals surface area contributed by atoms with Gasteiger partial charge in [-0.25, -0.2) is 0 Å². The normalized spacial score (nSPS) is 24.8. The summed E-state index contributed by atoms with van der Waals surface area (Å²) in [5.74, 6) is 1.07. The minimum Gasteiger partial charge on any atom is -0.343 e. The fourth-order valence-corrected chi connectivity index (χ4v) is 4.33. The van der Waals surface area contributed by atoms with E-state index in [4.69, 9.17) is 5.26 Å². The first kappa shape index (κ1) is 13.9. The zero-order valence-corrected chi connectivity index (χ0v) is 14.4. The van der Waals surface area contributed by atoms with Crippen molar-refractivity contribution in [2.24, 2.45) is 4.99 Å². The summed E-state index contributed by atoms with van der Waals surface area (Å²) in [4.78, 5) is 6.75. The number of hydrogen-bond acceptors (Lipinski definition) is 4. The van der Waals surface area contributed by atoms with Crippen LogP contribution < -0.4 is 0 Å². The molecule has 0 aromatic heterocycles. The fourth-order valence-electron chi connectivity index (χ4n) is 1.96. The monoisotopic (exact) mass is 473 g/mol. The standard InChI is InChI=1S/C11H13I2N3S/c12-4-9(13)7-17-11-8(5-14)6-15-10-2-1-3-16(10)11/h6,9-10H,1-4,7H2/t9-,10-/m1/s1. The Morgan fingerprint density at radius 3 is 3.24 bits per heavy atom. The molecule has 0 aromatic carbocycles. The van der Waals surface area contributed by atoms with Gasteiger partial charge in [-0.1, -0.05) is 45.2 Å². The minimum atomic E-state index is 0.293. The molecule has 2 aliphatic rings. The Bertz CT molecular complexity index is 389. The topological polar surface area (TPSA) is 39.4 Å². The first-order chi connectivity index (χ1) is 8.26. The van der Waals surface area contributed by atoms with Crippen molar-refractivity contribution in [1.29, 1.82) is 5.26 Å². The van der Waals surface area contributed by atoms with E-state index < -0.39 is 0 Å². The Morgan fingerprint density at radius 2 is 2.53 bits per heavy atom. The highest BCUT2D eigenvalue weighted by Gasteiger charge is 2.30. The predicted molar refractivity (Wildman–Crippen MR) is 90.0 cm³/mol. The number of nitrogens with zero attached hydrogens (tertiary/aromatic N) is 3. The Morgan fingerprint density at radius 1 is 1.71 bits per heavy atom. The second-order valence-electron chi connectivity index (χ2n) is 3.99. The second kappa shape index (κ2) is 6.61. The van der Waals surface area contributed by atoms with E-state index >= 15 is 0 Å². The quantitative estimate of drug-likeness (QED) is 0.466. The van der Waals surface area contributed by atoms with Gasteiger partial charge in [-0.15, -0.1) is 11.8 Å². The molecular formula is C11H13I2N3S. The lowest BCUT2D eigenvalue weighted by Crippen LogP contribution is -2.30. The lowest BCUT2D eigenvalue weighted by atomic mass is 10.3. The van der Waals surface area contributed by atoms with E-state index in [0.29, 0.717) is 10.1 Å². The second-order valence-corrected chi connectivity index (χ2v) is 7.64. The van der Waals surface area contributed by atoms with Gasteiger partial charge >= 0.3 is 0 Å². The molecule has 2 aliphatic heterocycles. The Hall–Kier alpha value is 0.510. The van der Waals surface area contributed by atoms with Gasteiger partial charge in [-0.05, 0) is 12.8 Å². The van der Waals surface area contributed by atoms with Crippen LogP contribution in [0.3, 0.4) is 0 Å². The number of rotatable bonds is 4. The van der Waals surface area contributed by atoms with Gasteiger partial charge < -0.3 is 4.90 Å². The lowest BCUT2D eigenvalue weighted by Gasteiger charge is -2.29. The Kier molecular flexibility index (Phi) is 5.42. The van der Waals surface area contributed by atoms with E-state index in [1.807, 2.05) is 11.8 Å². The van der Waals surface area contributed by atoms with E-state index in [2.05, 4.69) is 61.1 Å². The molecule has 0 unspecified atom stereocenters. The van der Waals surface area contributed by atoms with Gasteiger partial charge in [-0.2, -0.15) is 5.26 Å². The number of nitriles is 1. The highest BCUT2D eigenvalue weighted by Crippen LogP contribution is 2.35. The summed E-state index contributed by atoms with van der Waals surface area (Å²) in [6.07, 6.45) is 4.37. The van der Waals surface area contributed by atoms with Gasteiger partial charge in [0.05, 0.1) is 10.6 Å². The molecule has 0 amide bonds. The van der Waals surface area contributed by atoms with E-state index in [1.54, 1.807) is 6.21 Å². The fraction of sp³-hybridized carbons (Fsp3) is 0.636.